The van der Waals surface area contributed by atoms with E-state index in [2.05, 4.69) is 11.9 Å². The normalized spacial score (nSPS) is 16.0. The van der Waals surface area contributed by atoms with Crippen molar-refractivity contribution in [2.24, 2.45) is 0 Å². The maximum Gasteiger partial charge on any atom is 0.274 e. The molecule has 1 saturated heterocycles. The highest BCUT2D eigenvalue weighted by Crippen LogP contribution is 2.32. The molecule has 0 aliphatic carbocycles. The van der Waals surface area contributed by atoms with Gasteiger partial charge in [-0.05, 0) is 30.2 Å². The average Bonchev–Trinajstić information content (AvgIpc) is 3.16. The number of methoxy groups -OCH3 is 1. The number of fused-ring (bicyclic) bond motifs is 1. The zero-order valence-corrected chi connectivity index (χ0v) is 17.7. The van der Waals surface area contributed by atoms with Crippen molar-refractivity contribution in [1.82, 2.24) is 9.88 Å². The summed E-state index contributed by atoms with van der Waals surface area (Å²) in [5, 5.41) is 0.689. The van der Waals surface area contributed by atoms with Gasteiger partial charge in [-0.2, -0.15) is 0 Å². The molecule has 0 bridgehead atoms. The van der Waals surface area contributed by atoms with Crippen molar-refractivity contribution in [2.75, 3.05) is 20.2 Å². The Labute approximate surface area is 175 Å². The van der Waals surface area contributed by atoms with Gasteiger partial charge in [0.15, 0.2) is 0 Å². The summed E-state index contributed by atoms with van der Waals surface area (Å²) in [6.45, 7) is 3.53. The number of nitrogens with zero attached hydrogens (tertiary/aromatic N) is 2. The number of carbonyl (C=O) groups excluding carboxylic acids is 1. The molecule has 2 aromatic carbocycles. The zero-order chi connectivity index (χ0) is 20.2. The van der Waals surface area contributed by atoms with Crippen LogP contribution in [0.4, 0.5) is 0 Å². The zero-order valence-electron chi connectivity index (χ0n) is 16.8. The van der Waals surface area contributed by atoms with Gasteiger partial charge < -0.3 is 14.4 Å². The smallest absolute Gasteiger partial charge is 0.274 e. The molecule has 1 aliphatic heterocycles. The molecule has 29 heavy (non-hydrogen) atoms. The number of hydrogen-bond donors (Lipinski definition) is 0. The summed E-state index contributed by atoms with van der Waals surface area (Å²) in [6, 6.07) is 15.9. The van der Waals surface area contributed by atoms with E-state index in [4.69, 9.17) is 9.47 Å². The minimum absolute atomic E-state index is 0.0621. The van der Waals surface area contributed by atoms with Gasteiger partial charge in [0.25, 0.3) is 5.19 Å². The lowest BCUT2D eigenvalue weighted by molar-refractivity contribution is -0.134. The molecule has 1 amide bonds. The standard InChI is InChI=1S/C23H26N2O3S/c1-3-19(16-7-5-4-6-8-16)22(26)25-13-11-17(12-14-25)28-23-24-20-10-9-18(27-2)15-21(20)29-23/h4-10,15,17,19H,3,11-14H2,1-2H3. The highest BCUT2D eigenvalue weighted by molar-refractivity contribution is 7.20. The molecule has 0 saturated carbocycles. The van der Waals surface area contributed by atoms with Gasteiger partial charge in [0.1, 0.15) is 11.9 Å². The van der Waals surface area contributed by atoms with Crippen LogP contribution in [-0.2, 0) is 4.79 Å². The molecule has 0 spiro atoms. The van der Waals surface area contributed by atoms with E-state index in [0.29, 0.717) is 5.19 Å². The second-order valence-corrected chi connectivity index (χ2v) is 8.32. The lowest BCUT2D eigenvalue weighted by Crippen LogP contribution is -2.43. The molecular formula is C23H26N2O3S. The minimum atomic E-state index is -0.0621. The minimum Gasteiger partial charge on any atom is -0.497 e. The highest BCUT2D eigenvalue weighted by Gasteiger charge is 2.29. The van der Waals surface area contributed by atoms with E-state index in [1.54, 1.807) is 7.11 Å². The van der Waals surface area contributed by atoms with E-state index in [-0.39, 0.29) is 17.9 Å². The SMILES string of the molecule is CCC(C(=O)N1CCC(Oc2nc3ccc(OC)cc3s2)CC1)c1ccccc1. The van der Waals surface area contributed by atoms with Gasteiger partial charge in [0.05, 0.1) is 23.2 Å². The summed E-state index contributed by atoms with van der Waals surface area (Å²) in [7, 11) is 1.66. The molecule has 6 heteroatoms. The fourth-order valence-electron chi connectivity index (χ4n) is 3.86. The third-order valence-electron chi connectivity index (χ3n) is 5.51. The fourth-order valence-corrected chi connectivity index (χ4v) is 4.77. The molecule has 1 fully saturated rings. The van der Waals surface area contributed by atoms with Crippen molar-refractivity contribution < 1.29 is 14.3 Å². The number of aromatic nitrogens is 1. The summed E-state index contributed by atoms with van der Waals surface area (Å²) in [6.07, 6.45) is 2.57. The molecule has 2 heterocycles. The van der Waals surface area contributed by atoms with Crippen molar-refractivity contribution in [3.8, 4) is 10.9 Å². The van der Waals surface area contributed by atoms with Crippen LogP contribution in [0.2, 0.25) is 0 Å². The number of hydrogen-bond acceptors (Lipinski definition) is 5. The Hall–Kier alpha value is -2.60. The van der Waals surface area contributed by atoms with Crippen molar-refractivity contribution >= 4 is 27.5 Å². The van der Waals surface area contributed by atoms with Crippen LogP contribution in [-0.4, -0.2) is 42.1 Å². The first-order valence-corrected chi connectivity index (χ1v) is 10.9. The predicted molar refractivity (Wildman–Crippen MR) is 116 cm³/mol. The van der Waals surface area contributed by atoms with Crippen molar-refractivity contribution in [3.63, 3.8) is 0 Å². The highest BCUT2D eigenvalue weighted by atomic mass is 32.1. The Bertz CT molecular complexity index is 965. The lowest BCUT2D eigenvalue weighted by Gasteiger charge is -2.33. The number of benzene rings is 2. The largest absolute Gasteiger partial charge is 0.497 e. The molecule has 4 rings (SSSR count). The van der Waals surface area contributed by atoms with E-state index in [9.17, 15) is 4.79 Å². The van der Waals surface area contributed by atoms with Crippen LogP contribution in [0.5, 0.6) is 10.9 Å². The molecule has 152 valence electrons. The number of carbonyl (C=O) groups is 1. The van der Waals surface area contributed by atoms with Gasteiger partial charge in [-0.25, -0.2) is 4.98 Å². The van der Waals surface area contributed by atoms with Crippen LogP contribution in [0.25, 0.3) is 10.2 Å². The molecule has 1 atom stereocenters. The Morgan fingerprint density at radius 2 is 1.97 bits per heavy atom. The van der Waals surface area contributed by atoms with Gasteiger partial charge in [-0.1, -0.05) is 48.6 Å². The molecule has 3 aromatic rings. The third kappa shape index (κ3) is 4.37. The van der Waals surface area contributed by atoms with Crippen LogP contribution >= 0.6 is 11.3 Å². The Balaban J connectivity index is 1.36. The molecular weight excluding hydrogens is 384 g/mol. The van der Waals surface area contributed by atoms with E-state index < -0.39 is 0 Å². The summed E-state index contributed by atoms with van der Waals surface area (Å²) in [5.41, 5.74) is 2.02. The average molecular weight is 411 g/mol. The van der Waals surface area contributed by atoms with E-state index in [1.807, 2.05) is 53.4 Å². The number of amides is 1. The Morgan fingerprint density at radius 1 is 1.21 bits per heavy atom. The van der Waals surface area contributed by atoms with Crippen LogP contribution < -0.4 is 9.47 Å². The maximum absolute atomic E-state index is 13.0. The van der Waals surface area contributed by atoms with Crippen molar-refractivity contribution in [1.29, 1.82) is 0 Å². The number of rotatable bonds is 6. The second-order valence-electron chi connectivity index (χ2n) is 7.33. The van der Waals surface area contributed by atoms with Gasteiger partial charge in [0, 0.05) is 25.9 Å². The topological polar surface area (TPSA) is 51.7 Å². The van der Waals surface area contributed by atoms with Gasteiger partial charge in [0.2, 0.25) is 5.91 Å². The van der Waals surface area contributed by atoms with Gasteiger partial charge in [-0.3, -0.25) is 4.79 Å². The first kappa shape index (κ1) is 19.7. The van der Waals surface area contributed by atoms with E-state index in [1.165, 1.54) is 11.3 Å². The number of ether oxygens (including phenoxy) is 2. The van der Waals surface area contributed by atoms with Gasteiger partial charge >= 0.3 is 0 Å². The Morgan fingerprint density at radius 3 is 2.66 bits per heavy atom. The Kier molecular flexibility index (Phi) is 6.00. The summed E-state index contributed by atoms with van der Waals surface area (Å²) in [5.74, 6) is 0.987. The number of piperidine rings is 1. The van der Waals surface area contributed by atoms with E-state index in [0.717, 1.165) is 53.9 Å². The molecule has 1 aromatic heterocycles. The van der Waals surface area contributed by atoms with Crippen molar-refractivity contribution in [3.05, 3.63) is 54.1 Å². The predicted octanol–water partition coefficient (Wildman–Crippen LogP) is 4.87. The third-order valence-corrected chi connectivity index (χ3v) is 6.41. The first-order chi connectivity index (χ1) is 14.2. The molecule has 0 N–H and O–H groups in total. The van der Waals surface area contributed by atoms with Crippen LogP contribution in [0.1, 0.15) is 37.7 Å². The monoisotopic (exact) mass is 410 g/mol. The first-order valence-electron chi connectivity index (χ1n) is 10.1. The molecule has 5 nitrogen and oxygen atoms in total. The fraction of sp³-hybridized carbons (Fsp3) is 0.391. The van der Waals surface area contributed by atoms with Gasteiger partial charge in [-0.15, -0.1) is 0 Å². The number of likely N-dealkylation sites (tertiary alicyclic amines) is 1. The summed E-state index contributed by atoms with van der Waals surface area (Å²) < 4.78 is 12.5. The van der Waals surface area contributed by atoms with Crippen LogP contribution in [0.15, 0.2) is 48.5 Å². The quantitative estimate of drug-likeness (QED) is 0.582. The van der Waals surface area contributed by atoms with Crippen LogP contribution in [0.3, 0.4) is 0 Å². The van der Waals surface area contributed by atoms with Crippen molar-refractivity contribution in [2.45, 2.75) is 38.2 Å². The molecule has 0 radical (unpaired) electrons. The van der Waals surface area contributed by atoms with Crippen LogP contribution in [0, 0.1) is 0 Å². The lowest BCUT2D eigenvalue weighted by atomic mass is 9.94. The molecule has 1 aliphatic rings. The summed E-state index contributed by atoms with van der Waals surface area (Å²) >= 11 is 1.54. The summed E-state index contributed by atoms with van der Waals surface area (Å²) in [4.78, 5) is 19.6. The maximum atomic E-state index is 13.0. The van der Waals surface area contributed by atoms with E-state index >= 15 is 0 Å². The molecule has 1 unspecified atom stereocenters. The number of thiazole rings is 1. The second kappa shape index (κ2) is 8.82.